The van der Waals surface area contributed by atoms with E-state index < -0.39 is 23.3 Å². The number of unbranched alkanes of at least 4 members (excludes halogenated alkanes) is 2. The number of carbonyl (C=O) groups excluding carboxylic acids is 3. The standard InChI is InChI=1S/C33H47N7O5.C19H29N7O.2H2S/c1-8-9-16-33(5,21-36-29(41)25-13-11-18-40(25)31(42)45-32(2,3)4)39-28-27-24(12-10-17-34-27)37-30(38-28)35-20-22-14-15-23(43-6)19-26(22)44-7;1-3-4-9-19(2,12-23-17(27)14-8-6-10-21-14)26-16-15-13(7-5-11-22-15)24-18(20)25-16;;/h10,12,14-15,17,19,25H,8-9,11,13,16,18,20-21H2,1-7H3,(H,36,41)(H2,35,37,38,39);5,7,11,14,21H,3-4,6,8-10,12H2,1-2H3,(H,23,27)(H3,20,24,25,26);2*1H2/t25-,33?;14-,19?;;/m00../s1. The molecule has 74 heavy (non-hydrogen) atoms. The maximum absolute atomic E-state index is 13.4. The molecule has 0 spiro atoms. The van der Waals surface area contributed by atoms with Crippen LogP contribution in [0.2, 0.25) is 0 Å². The topological polar surface area (TPSA) is 258 Å². The Morgan fingerprint density at radius 1 is 0.770 bits per heavy atom. The number of nitrogen functional groups attached to an aromatic ring is 1. The number of rotatable bonds is 21. The number of pyridine rings is 2. The molecule has 2 aliphatic rings. The molecular formula is C52H80N14O6S2. The van der Waals surface area contributed by atoms with Crippen molar-refractivity contribution in [3.63, 3.8) is 0 Å². The Bertz CT molecular complexity index is 2620. The number of ether oxygens (including phenoxy) is 3. The van der Waals surface area contributed by atoms with E-state index in [1.165, 1.54) is 4.90 Å². The molecule has 8 N–H and O–H groups in total. The molecule has 22 heteroatoms. The van der Waals surface area contributed by atoms with Gasteiger partial charge in [-0.15, -0.1) is 0 Å². The fourth-order valence-corrected chi connectivity index (χ4v) is 8.77. The Kier molecular flexibility index (Phi) is 22.8. The van der Waals surface area contributed by atoms with Gasteiger partial charge in [-0.2, -0.15) is 37.0 Å². The number of nitrogens with zero attached hydrogens (tertiary/aromatic N) is 7. The number of likely N-dealkylation sites (tertiary alicyclic amines) is 1. The lowest BCUT2D eigenvalue weighted by molar-refractivity contribution is -0.125. The quantitative estimate of drug-likeness (QED) is 0.0373. The molecular weight excluding hydrogens is 981 g/mol. The summed E-state index contributed by atoms with van der Waals surface area (Å²) in [6.07, 6.45) is 11.9. The number of aromatic nitrogens is 6. The van der Waals surface area contributed by atoms with Crippen LogP contribution in [0.4, 0.5) is 28.3 Å². The number of carbonyl (C=O) groups is 3. The molecule has 6 heterocycles. The molecule has 20 nitrogen and oxygen atoms in total. The summed E-state index contributed by atoms with van der Waals surface area (Å²) in [5.74, 6) is 3.06. The van der Waals surface area contributed by atoms with Crippen LogP contribution in [0.25, 0.3) is 22.1 Å². The molecule has 2 unspecified atom stereocenters. The zero-order chi connectivity index (χ0) is 51.9. The maximum atomic E-state index is 13.4. The van der Waals surface area contributed by atoms with Crippen LogP contribution in [0.15, 0.2) is 54.9 Å². The minimum atomic E-state index is -0.633. The summed E-state index contributed by atoms with van der Waals surface area (Å²) in [6.45, 7) is 16.6. The smallest absolute Gasteiger partial charge is 0.410 e. The van der Waals surface area contributed by atoms with Crippen molar-refractivity contribution in [3.8, 4) is 11.5 Å². The monoisotopic (exact) mass is 1060 g/mol. The van der Waals surface area contributed by atoms with Crippen LogP contribution in [0.5, 0.6) is 11.5 Å². The van der Waals surface area contributed by atoms with Crippen LogP contribution in [-0.2, 0) is 20.9 Å². The largest absolute Gasteiger partial charge is 0.497 e. The molecule has 406 valence electrons. The van der Waals surface area contributed by atoms with Crippen molar-refractivity contribution >= 4 is 90.5 Å². The number of hydrogen-bond acceptors (Lipinski definition) is 17. The van der Waals surface area contributed by atoms with Gasteiger partial charge in [-0.1, -0.05) is 39.5 Å². The van der Waals surface area contributed by atoms with E-state index in [2.05, 4.69) is 79.5 Å². The number of methoxy groups -OCH3 is 2. The van der Waals surface area contributed by atoms with Crippen LogP contribution in [0, 0.1) is 0 Å². The Morgan fingerprint density at radius 3 is 1.95 bits per heavy atom. The SMILES string of the molecule is CCCCC(C)(CNC(=O)[C@@H]1CCCN1)Nc1nc(N)nc2cccnc12.CCCCC(C)(CNC(=O)[C@@H]1CCCN1C(=O)OC(C)(C)C)Nc1nc(NCc2ccc(OC)cc2OC)nc2cccnc12.S.S. The summed E-state index contributed by atoms with van der Waals surface area (Å²) in [6, 6.07) is 12.4. The molecule has 0 radical (unpaired) electrons. The molecule has 0 aliphatic carbocycles. The summed E-state index contributed by atoms with van der Waals surface area (Å²) >= 11 is 0. The summed E-state index contributed by atoms with van der Waals surface area (Å²) in [5.41, 5.74) is 7.93. The molecule has 0 saturated carbocycles. The molecule has 3 amide bonds. The van der Waals surface area contributed by atoms with E-state index in [0.717, 1.165) is 69.9 Å². The van der Waals surface area contributed by atoms with Crippen molar-refractivity contribution in [1.82, 2.24) is 50.8 Å². The van der Waals surface area contributed by atoms with Gasteiger partial charge < -0.3 is 51.8 Å². The van der Waals surface area contributed by atoms with Crippen LogP contribution >= 0.6 is 27.0 Å². The second-order valence-corrected chi connectivity index (χ2v) is 20.1. The van der Waals surface area contributed by atoms with Crippen LogP contribution < -0.4 is 47.1 Å². The number of hydrogen-bond donors (Lipinski definition) is 7. The average Bonchev–Trinajstić information content (AvgIpc) is 4.10. The zero-order valence-corrected chi connectivity index (χ0v) is 46.6. The lowest BCUT2D eigenvalue weighted by atomic mass is 9.94. The second-order valence-electron chi connectivity index (χ2n) is 20.1. The molecule has 1 aromatic carbocycles. The van der Waals surface area contributed by atoms with E-state index in [9.17, 15) is 14.4 Å². The van der Waals surface area contributed by atoms with E-state index in [4.69, 9.17) is 29.9 Å². The number of nitrogens with one attached hydrogen (secondary N) is 6. The van der Waals surface area contributed by atoms with Gasteiger partial charge in [0.15, 0.2) is 11.6 Å². The minimum Gasteiger partial charge on any atom is -0.497 e. The Labute approximate surface area is 450 Å². The average molecular weight is 1060 g/mol. The van der Waals surface area contributed by atoms with Crippen molar-refractivity contribution in [2.75, 3.05) is 62.1 Å². The summed E-state index contributed by atoms with van der Waals surface area (Å²) in [7, 11) is 3.24. The number of amides is 3. The molecule has 2 aliphatic heterocycles. The first-order chi connectivity index (χ1) is 34.5. The van der Waals surface area contributed by atoms with Gasteiger partial charge in [0.25, 0.3) is 0 Å². The van der Waals surface area contributed by atoms with Crippen LogP contribution in [0.1, 0.15) is 118 Å². The highest BCUT2D eigenvalue weighted by Gasteiger charge is 2.38. The van der Waals surface area contributed by atoms with Crippen LogP contribution in [-0.4, -0.2) is 122 Å². The lowest BCUT2D eigenvalue weighted by Gasteiger charge is -2.33. The van der Waals surface area contributed by atoms with E-state index in [1.807, 2.05) is 63.2 Å². The van der Waals surface area contributed by atoms with Crippen LogP contribution in [0.3, 0.4) is 0 Å². The van der Waals surface area contributed by atoms with Crippen molar-refractivity contribution < 1.29 is 28.6 Å². The van der Waals surface area contributed by atoms with Crippen molar-refractivity contribution in [3.05, 3.63) is 60.4 Å². The van der Waals surface area contributed by atoms with Crippen molar-refractivity contribution in [1.29, 1.82) is 0 Å². The van der Waals surface area contributed by atoms with Gasteiger partial charge >= 0.3 is 6.09 Å². The van der Waals surface area contributed by atoms with E-state index in [0.29, 0.717) is 83.7 Å². The first kappa shape index (κ1) is 60.4. The van der Waals surface area contributed by atoms with Gasteiger partial charge in [-0.05, 0) is 116 Å². The lowest BCUT2D eigenvalue weighted by Crippen LogP contribution is -2.52. The number of anilines is 4. The highest BCUT2D eigenvalue weighted by atomic mass is 32.1. The van der Waals surface area contributed by atoms with E-state index in [-0.39, 0.29) is 56.3 Å². The first-order valence-electron chi connectivity index (χ1n) is 25.3. The van der Waals surface area contributed by atoms with Gasteiger partial charge in [0, 0.05) is 50.2 Å². The van der Waals surface area contributed by atoms with Gasteiger partial charge in [-0.25, -0.2) is 14.8 Å². The number of benzene rings is 1. The fraction of sp³-hybridized carbons (Fsp3) is 0.558. The molecule has 4 aromatic heterocycles. The normalized spacial score (nSPS) is 16.7. The van der Waals surface area contributed by atoms with Crippen molar-refractivity contribution in [2.45, 2.75) is 148 Å². The molecule has 2 fully saturated rings. The van der Waals surface area contributed by atoms with Crippen molar-refractivity contribution in [2.24, 2.45) is 0 Å². The summed E-state index contributed by atoms with van der Waals surface area (Å²) in [4.78, 5) is 67.3. The third-order valence-corrected chi connectivity index (χ3v) is 12.7. The van der Waals surface area contributed by atoms with Gasteiger partial charge in [0.2, 0.25) is 23.7 Å². The highest BCUT2D eigenvalue weighted by molar-refractivity contribution is 7.59. The minimum absolute atomic E-state index is 0. The highest BCUT2D eigenvalue weighted by Crippen LogP contribution is 2.30. The number of fused-ring (bicyclic) bond motifs is 2. The molecule has 0 bridgehead atoms. The zero-order valence-electron chi connectivity index (χ0n) is 44.6. The Morgan fingerprint density at radius 2 is 1.38 bits per heavy atom. The molecule has 5 aromatic rings. The first-order valence-corrected chi connectivity index (χ1v) is 25.3. The Hall–Kier alpha value is -6.13. The predicted octanol–water partition coefficient (Wildman–Crippen LogP) is 7.59. The third-order valence-electron chi connectivity index (χ3n) is 12.7. The Balaban J connectivity index is 0.000000350. The van der Waals surface area contributed by atoms with E-state index in [1.54, 1.807) is 26.6 Å². The molecule has 2 saturated heterocycles. The molecule has 7 rings (SSSR count). The second kappa shape index (κ2) is 28.0. The van der Waals surface area contributed by atoms with E-state index >= 15 is 0 Å². The maximum Gasteiger partial charge on any atom is 0.410 e. The van der Waals surface area contributed by atoms with Gasteiger partial charge in [0.1, 0.15) is 34.2 Å². The fourth-order valence-electron chi connectivity index (χ4n) is 8.77. The predicted molar refractivity (Wildman–Crippen MR) is 303 cm³/mol. The van der Waals surface area contributed by atoms with Gasteiger partial charge in [-0.3, -0.25) is 24.5 Å². The molecule has 4 atom stereocenters. The third kappa shape index (κ3) is 17.0. The van der Waals surface area contributed by atoms with Gasteiger partial charge in [0.05, 0.1) is 42.4 Å². The number of nitrogens with two attached hydrogens (primary N) is 1. The summed E-state index contributed by atoms with van der Waals surface area (Å²) in [5, 5.41) is 19.9. The summed E-state index contributed by atoms with van der Waals surface area (Å²) < 4.78 is 16.4.